The smallest absolute Gasteiger partial charge is 0.191 e. The Kier molecular flexibility index (Phi) is 5.91. The first-order valence-corrected chi connectivity index (χ1v) is 9.30. The fraction of sp³-hybridized carbons (Fsp3) is 0.500. The van der Waals surface area contributed by atoms with Gasteiger partial charge in [-0.3, -0.25) is 9.67 Å². The largest absolute Gasteiger partial charge is 0.356 e. The lowest BCUT2D eigenvalue weighted by molar-refractivity contribution is 0.290. The summed E-state index contributed by atoms with van der Waals surface area (Å²) in [7, 11) is 3.70. The highest BCUT2D eigenvalue weighted by atomic mass is 19.1. The maximum atomic E-state index is 13.8. The zero-order valence-electron chi connectivity index (χ0n) is 15.6. The highest BCUT2D eigenvalue weighted by molar-refractivity contribution is 5.79. The summed E-state index contributed by atoms with van der Waals surface area (Å²) in [4.78, 5) is 4.33. The third-order valence-electron chi connectivity index (χ3n) is 5.42. The number of nitrogens with zero attached hydrogens (tertiary/aromatic N) is 3. The summed E-state index contributed by atoms with van der Waals surface area (Å²) >= 11 is 0. The molecular formula is C20H28FN5. The molecule has 1 fully saturated rings. The van der Waals surface area contributed by atoms with Crippen molar-refractivity contribution in [1.29, 1.82) is 0 Å². The minimum absolute atomic E-state index is 0.0372. The predicted molar refractivity (Wildman–Crippen MR) is 103 cm³/mol. The molecule has 3 rings (SSSR count). The van der Waals surface area contributed by atoms with Gasteiger partial charge in [0.1, 0.15) is 5.82 Å². The Morgan fingerprint density at radius 1 is 1.23 bits per heavy atom. The Bertz CT molecular complexity index is 746. The Morgan fingerprint density at radius 3 is 2.69 bits per heavy atom. The number of aliphatic imine (C=N–C) groups is 1. The molecule has 2 N–H and O–H groups in total. The summed E-state index contributed by atoms with van der Waals surface area (Å²) in [6.07, 6.45) is 7.54. The van der Waals surface area contributed by atoms with E-state index in [4.69, 9.17) is 0 Å². The lowest BCUT2D eigenvalue weighted by Gasteiger charge is -2.38. The molecule has 1 aromatic heterocycles. The number of rotatable bonds is 5. The molecule has 0 unspecified atom stereocenters. The van der Waals surface area contributed by atoms with Crippen LogP contribution in [0.4, 0.5) is 4.39 Å². The van der Waals surface area contributed by atoms with Crippen molar-refractivity contribution in [3.8, 4) is 0 Å². The van der Waals surface area contributed by atoms with E-state index in [1.54, 1.807) is 19.3 Å². The normalized spacial score (nSPS) is 17.1. The Balaban J connectivity index is 1.68. The molecule has 0 spiro atoms. The van der Waals surface area contributed by atoms with Gasteiger partial charge in [-0.05, 0) is 36.6 Å². The maximum absolute atomic E-state index is 13.8. The molecule has 2 aromatic rings. The molecule has 6 heteroatoms. The second-order valence-electron chi connectivity index (χ2n) is 7.08. The highest BCUT2D eigenvalue weighted by Gasteiger charge is 2.34. The summed E-state index contributed by atoms with van der Waals surface area (Å²) in [5.41, 5.74) is 2.14. The van der Waals surface area contributed by atoms with Crippen LogP contribution >= 0.6 is 0 Å². The average Bonchev–Trinajstić information content (AvgIpc) is 3.07. The van der Waals surface area contributed by atoms with E-state index in [9.17, 15) is 4.39 Å². The van der Waals surface area contributed by atoms with Crippen LogP contribution in [-0.4, -0.2) is 29.3 Å². The molecule has 140 valence electrons. The predicted octanol–water partition coefficient (Wildman–Crippen LogP) is 3.13. The van der Waals surface area contributed by atoms with E-state index in [2.05, 4.69) is 26.8 Å². The van der Waals surface area contributed by atoms with Crippen LogP contribution in [0.2, 0.25) is 0 Å². The molecule has 1 heterocycles. The van der Waals surface area contributed by atoms with Gasteiger partial charge in [0, 0.05) is 32.3 Å². The van der Waals surface area contributed by atoms with Gasteiger partial charge in [0.25, 0.3) is 0 Å². The number of guanidine groups is 1. The summed E-state index contributed by atoms with van der Waals surface area (Å²) in [6.45, 7) is 1.41. The molecule has 0 saturated heterocycles. The van der Waals surface area contributed by atoms with Crippen molar-refractivity contribution in [1.82, 2.24) is 20.4 Å². The monoisotopic (exact) mass is 357 g/mol. The lowest BCUT2D eigenvalue weighted by atomic mass is 9.69. The third kappa shape index (κ3) is 4.23. The molecule has 1 aliphatic rings. The van der Waals surface area contributed by atoms with E-state index < -0.39 is 0 Å². The van der Waals surface area contributed by atoms with Gasteiger partial charge in [-0.25, -0.2) is 4.39 Å². The molecule has 26 heavy (non-hydrogen) atoms. The Labute approximate surface area is 154 Å². The molecular weight excluding hydrogens is 329 g/mol. The fourth-order valence-electron chi connectivity index (χ4n) is 3.84. The van der Waals surface area contributed by atoms with Crippen molar-refractivity contribution in [3.05, 3.63) is 53.6 Å². The van der Waals surface area contributed by atoms with E-state index in [-0.39, 0.29) is 11.2 Å². The maximum Gasteiger partial charge on any atom is 0.191 e. The quantitative estimate of drug-likeness (QED) is 0.639. The van der Waals surface area contributed by atoms with Gasteiger partial charge in [-0.1, -0.05) is 31.4 Å². The van der Waals surface area contributed by atoms with E-state index in [1.165, 1.54) is 25.3 Å². The zero-order valence-corrected chi connectivity index (χ0v) is 15.6. The first kappa shape index (κ1) is 18.4. The van der Waals surface area contributed by atoms with Crippen LogP contribution in [0.1, 0.15) is 43.4 Å². The number of aromatic nitrogens is 2. The molecule has 5 nitrogen and oxygen atoms in total. The summed E-state index contributed by atoms with van der Waals surface area (Å²) in [5, 5.41) is 11.0. The summed E-state index contributed by atoms with van der Waals surface area (Å²) < 4.78 is 15.7. The van der Waals surface area contributed by atoms with Gasteiger partial charge in [-0.2, -0.15) is 5.10 Å². The van der Waals surface area contributed by atoms with E-state index in [0.29, 0.717) is 6.54 Å². The van der Waals surface area contributed by atoms with Crippen molar-refractivity contribution >= 4 is 5.96 Å². The van der Waals surface area contributed by atoms with Gasteiger partial charge in [0.2, 0.25) is 0 Å². The van der Waals surface area contributed by atoms with Crippen molar-refractivity contribution < 1.29 is 4.39 Å². The number of hydrogen-bond donors (Lipinski definition) is 2. The van der Waals surface area contributed by atoms with Crippen LogP contribution in [0.5, 0.6) is 0 Å². The van der Waals surface area contributed by atoms with Gasteiger partial charge < -0.3 is 10.6 Å². The lowest BCUT2D eigenvalue weighted by Crippen LogP contribution is -2.46. The topological polar surface area (TPSA) is 54.2 Å². The fourth-order valence-corrected chi connectivity index (χ4v) is 3.84. The number of halogens is 1. The average molecular weight is 357 g/mol. The number of aryl methyl sites for hydroxylation is 1. The van der Waals surface area contributed by atoms with Gasteiger partial charge in [0.15, 0.2) is 5.96 Å². The van der Waals surface area contributed by atoms with Crippen molar-refractivity contribution in [2.75, 3.05) is 13.6 Å². The van der Waals surface area contributed by atoms with Crippen LogP contribution in [-0.2, 0) is 19.0 Å². The minimum Gasteiger partial charge on any atom is -0.356 e. The SMILES string of the molecule is CN=C(NCc1ccnn1C)NCC1(c2cccc(F)c2)CCCCC1. The summed E-state index contributed by atoms with van der Waals surface area (Å²) in [6, 6.07) is 9.06. The summed E-state index contributed by atoms with van der Waals surface area (Å²) in [5.74, 6) is 0.596. The number of hydrogen-bond acceptors (Lipinski definition) is 2. The van der Waals surface area contributed by atoms with Gasteiger partial charge in [-0.15, -0.1) is 0 Å². The van der Waals surface area contributed by atoms with Crippen LogP contribution in [0, 0.1) is 5.82 Å². The van der Waals surface area contributed by atoms with E-state index in [0.717, 1.165) is 36.6 Å². The minimum atomic E-state index is -0.161. The first-order chi connectivity index (χ1) is 12.6. The molecule has 0 atom stereocenters. The number of nitrogens with one attached hydrogen (secondary N) is 2. The van der Waals surface area contributed by atoms with Gasteiger partial charge in [0.05, 0.1) is 12.2 Å². The molecule has 1 aromatic carbocycles. The first-order valence-electron chi connectivity index (χ1n) is 9.30. The molecule has 0 radical (unpaired) electrons. The molecule has 0 amide bonds. The Morgan fingerprint density at radius 2 is 2.04 bits per heavy atom. The second kappa shape index (κ2) is 8.34. The van der Waals surface area contributed by atoms with Crippen LogP contribution in [0.3, 0.4) is 0 Å². The highest BCUT2D eigenvalue weighted by Crippen LogP contribution is 2.39. The molecule has 0 bridgehead atoms. The van der Waals surface area contributed by atoms with Crippen molar-refractivity contribution in [2.24, 2.45) is 12.0 Å². The Hall–Kier alpha value is -2.37. The number of benzene rings is 1. The van der Waals surface area contributed by atoms with Crippen molar-refractivity contribution in [2.45, 2.75) is 44.1 Å². The molecule has 1 aliphatic carbocycles. The van der Waals surface area contributed by atoms with Gasteiger partial charge >= 0.3 is 0 Å². The third-order valence-corrected chi connectivity index (χ3v) is 5.42. The van der Waals surface area contributed by atoms with E-state index >= 15 is 0 Å². The van der Waals surface area contributed by atoms with Crippen LogP contribution in [0.25, 0.3) is 0 Å². The van der Waals surface area contributed by atoms with Crippen LogP contribution in [0.15, 0.2) is 41.5 Å². The van der Waals surface area contributed by atoms with E-state index in [1.807, 2.05) is 23.9 Å². The van der Waals surface area contributed by atoms with Crippen LogP contribution < -0.4 is 10.6 Å². The second-order valence-corrected chi connectivity index (χ2v) is 7.08. The van der Waals surface area contributed by atoms with Crippen molar-refractivity contribution in [3.63, 3.8) is 0 Å². The standard InChI is InChI=1S/C20H28FN5/c1-22-19(23-14-18-9-12-25-26(18)2)24-15-20(10-4-3-5-11-20)16-7-6-8-17(21)13-16/h6-9,12-13H,3-5,10-11,14-15H2,1-2H3,(H2,22,23,24). The molecule has 1 saturated carbocycles. The zero-order chi connectivity index (χ0) is 18.4. The molecule has 0 aliphatic heterocycles.